The van der Waals surface area contributed by atoms with Gasteiger partial charge in [0, 0.05) is 24.8 Å². The Balaban J connectivity index is 2.17. The normalized spacial score (nSPS) is 11.0. The zero-order chi connectivity index (χ0) is 16.2. The molecule has 0 aliphatic carbocycles. The van der Waals surface area contributed by atoms with Crippen LogP contribution in [0.4, 0.5) is 5.69 Å². The van der Waals surface area contributed by atoms with Crippen molar-refractivity contribution in [3.05, 3.63) is 60.2 Å². The van der Waals surface area contributed by atoms with Crippen LogP contribution in [-0.2, 0) is 10.0 Å². The van der Waals surface area contributed by atoms with Crippen molar-refractivity contribution in [2.45, 2.75) is 11.8 Å². The summed E-state index contributed by atoms with van der Waals surface area (Å²) in [6.07, 6.45) is 0. The van der Waals surface area contributed by atoms with Crippen LogP contribution in [0, 0.1) is 0 Å². The topological polar surface area (TPSA) is 66.5 Å². The lowest BCUT2D eigenvalue weighted by Gasteiger charge is -2.14. The molecule has 1 N–H and O–H groups in total. The molecule has 5 nitrogen and oxygen atoms in total. The Morgan fingerprint density at radius 2 is 1.64 bits per heavy atom. The molecule has 0 saturated carbocycles. The Labute approximate surface area is 130 Å². The highest BCUT2D eigenvalue weighted by atomic mass is 32.2. The summed E-state index contributed by atoms with van der Waals surface area (Å²) in [5, 5.41) is 0. The number of anilines is 1. The van der Waals surface area contributed by atoms with Crippen molar-refractivity contribution in [2.24, 2.45) is 0 Å². The molecule has 0 heterocycles. The van der Waals surface area contributed by atoms with Crippen molar-refractivity contribution in [3.63, 3.8) is 0 Å². The van der Waals surface area contributed by atoms with E-state index in [4.69, 9.17) is 0 Å². The van der Waals surface area contributed by atoms with Gasteiger partial charge in [-0.1, -0.05) is 18.2 Å². The minimum absolute atomic E-state index is 0.0973. The van der Waals surface area contributed by atoms with Crippen molar-refractivity contribution in [2.75, 3.05) is 18.3 Å². The first-order chi connectivity index (χ1) is 10.4. The number of rotatable bonds is 5. The summed E-state index contributed by atoms with van der Waals surface area (Å²) in [6, 6.07) is 14.5. The number of amides is 1. The van der Waals surface area contributed by atoms with Gasteiger partial charge in [0.2, 0.25) is 0 Å². The molecule has 0 atom stereocenters. The van der Waals surface area contributed by atoms with E-state index in [9.17, 15) is 13.2 Å². The van der Waals surface area contributed by atoms with Crippen LogP contribution in [0.5, 0.6) is 0 Å². The quantitative estimate of drug-likeness (QED) is 0.921. The first-order valence-electron chi connectivity index (χ1n) is 6.87. The second-order valence-electron chi connectivity index (χ2n) is 4.82. The number of nitrogens with one attached hydrogen (secondary N) is 1. The third kappa shape index (κ3) is 3.65. The Hall–Kier alpha value is -2.34. The van der Waals surface area contributed by atoms with Crippen LogP contribution in [0.25, 0.3) is 0 Å². The fourth-order valence-corrected chi connectivity index (χ4v) is 2.94. The van der Waals surface area contributed by atoms with Crippen LogP contribution >= 0.6 is 0 Å². The smallest absolute Gasteiger partial charge is 0.261 e. The fourth-order valence-electron chi connectivity index (χ4n) is 1.86. The van der Waals surface area contributed by atoms with E-state index in [1.807, 2.05) is 6.92 Å². The maximum absolute atomic E-state index is 12.2. The number of sulfonamides is 1. The number of carbonyl (C=O) groups is 1. The van der Waals surface area contributed by atoms with Crippen LogP contribution in [0.2, 0.25) is 0 Å². The lowest BCUT2D eigenvalue weighted by atomic mass is 10.2. The molecule has 0 bridgehead atoms. The van der Waals surface area contributed by atoms with Crippen molar-refractivity contribution < 1.29 is 13.2 Å². The lowest BCUT2D eigenvalue weighted by Crippen LogP contribution is -2.26. The van der Waals surface area contributed by atoms with Crippen LogP contribution in [0.15, 0.2) is 59.5 Å². The number of hydrogen-bond donors (Lipinski definition) is 1. The van der Waals surface area contributed by atoms with Gasteiger partial charge in [-0.05, 0) is 43.3 Å². The summed E-state index contributed by atoms with van der Waals surface area (Å²) in [6.45, 7) is 2.50. The zero-order valence-corrected chi connectivity index (χ0v) is 13.3. The Morgan fingerprint density at radius 1 is 1.05 bits per heavy atom. The second kappa shape index (κ2) is 6.62. The van der Waals surface area contributed by atoms with Gasteiger partial charge >= 0.3 is 0 Å². The van der Waals surface area contributed by atoms with Gasteiger partial charge < -0.3 is 4.90 Å². The predicted octanol–water partition coefficient (Wildman–Crippen LogP) is 2.58. The third-order valence-corrected chi connectivity index (χ3v) is 4.66. The molecule has 2 rings (SSSR count). The summed E-state index contributed by atoms with van der Waals surface area (Å²) < 4.78 is 26.9. The van der Waals surface area contributed by atoms with Gasteiger partial charge in [0.05, 0.1) is 4.90 Å². The standard InChI is InChI=1S/C16H18N2O3S/c1-3-18(2)16(19)13-9-11-14(12-10-13)17-22(20,21)15-7-5-4-6-8-15/h4-12,17H,3H2,1-2H3. The monoisotopic (exact) mass is 318 g/mol. The average molecular weight is 318 g/mol. The van der Waals surface area contributed by atoms with E-state index < -0.39 is 10.0 Å². The van der Waals surface area contributed by atoms with E-state index in [1.54, 1.807) is 54.4 Å². The zero-order valence-electron chi connectivity index (χ0n) is 12.5. The highest BCUT2D eigenvalue weighted by Gasteiger charge is 2.14. The van der Waals surface area contributed by atoms with E-state index in [-0.39, 0.29) is 10.8 Å². The predicted molar refractivity (Wildman–Crippen MR) is 86.3 cm³/mol. The molecule has 6 heteroatoms. The summed E-state index contributed by atoms with van der Waals surface area (Å²) in [5.74, 6) is -0.0973. The molecule has 2 aromatic carbocycles. The van der Waals surface area contributed by atoms with Crippen molar-refractivity contribution >= 4 is 21.6 Å². The average Bonchev–Trinajstić information content (AvgIpc) is 2.54. The maximum Gasteiger partial charge on any atom is 0.261 e. The van der Waals surface area contributed by atoms with E-state index in [2.05, 4.69) is 4.72 Å². The number of hydrogen-bond acceptors (Lipinski definition) is 3. The number of carbonyl (C=O) groups excluding carboxylic acids is 1. The molecule has 0 aliphatic heterocycles. The third-order valence-electron chi connectivity index (χ3n) is 3.26. The molecule has 1 amide bonds. The summed E-state index contributed by atoms with van der Waals surface area (Å²) >= 11 is 0. The van der Waals surface area contributed by atoms with Gasteiger partial charge in [-0.25, -0.2) is 8.42 Å². The van der Waals surface area contributed by atoms with Crippen molar-refractivity contribution in [1.82, 2.24) is 4.90 Å². The first kappa shape index (κ1) is 16.0. The van der Waals surface area contributed by atoms with E-state index in [0.29, 0.717) is 17.8 Å². The molecule has 0 aliphatic rings. The molecular weight excluding hydrogens is 300 g/mol. The van der Waals surface area contributed by atoms with Crippen molar-refractivity contribution in [3.8, 4) is 0 Å². The summed E-state index contributed by atoms with van der Waals surface area (Å²) in [4.78, 5) is 13.8. The fraction of sp³-hybridized carbons (Fsp3) is 0.188. The van der Waals surface area contributed by atoms with Gasteiger partial charge in [0.15, 0.2) is 0 Å². The summed E-state index contributed by atoms with van der Waals surface area (Å²) in [5.41, 5.74) is 0.937. The number of nitrogens with zero attached hydrogens (tertiary/aromatic N) is 1. The second-order valence-corrected chi connectivity index (χ2v) is 6.50. The molecule has 0 fully saturated rings. The summed E-state index contributed by atoms with van der Waals surface area (Å²) in [7, 11) is -1.90. The molecule has 0 radical (unpaired) electrons. The van der Waals surface area contributed by atoms with E-state index >= 15 is 0 Å². The molecule has 22 heavy (non-hydrogen) atoms. The molecule has 2 aromatic rings. The Kier molecular flexibility index (Phi) is 4.82. The maximum atomic E-state index is 12.2. The van der Waals surface area contributed by atoms with Gasteiger partial charge in [-0.3, -0.25) is 9.52 Å². The van der Waals surface area contributed by atoms with Gasteiger partial charge in [0.1, 0.15) is 0 Å². The lowest BCUT2D eigenvalue weighted by molar-refractivity contribution is 0.0802. The van der Waals surface area contributed by atoms with E-state index in [1.165, 1.54) is 12.1 Å². The minimum Gasteiger partial charge on any atom is -0.342 e. The SMILES string of the molecule is CCN(C)C(=O)c1ccc(NS(=O)(=O)c2ccccc2)cc1. The van der Waals surface area contributed by atoms with Crippen LogP contribution < -0.4 is 4.72 Å². The Bertz CT molecular complexity index is 741. The highest BCUT2D eigenvalue weighted by Crippen LogP contribution is 2.17. The van der Waals surface area contributed by atoms with Crippen LogP contribution in [-0.4, -0.2) is 32.8 Å². The number of benzene rings is 2. The molecule has 0 aromatic heterocycles. The van der Waals surface area contributed by atoms with Gasteiger partial charge in [0.25, 0.3) is 15.9 Å². The van der Waals surface area contributed by atoms with Crippen LogP contribution in [0.1, 0.15) is 17.3 Å². The largest absolute Gasteiger partial charge is 0.342 e. The molecule has 0 unspecified atom stereocenters. The van der Waals surface area contributed by atoms with Crippen LogP contribution in [0.3, 0.4) is 0 Å². The molecule has 116 valence electrons. The van der Waals surface area contributed by atoms with E-state index in [0.717, 1.165) is 0 Å². The highest BCUT2D eigenvalue weighted by molar-refractivity contribution is 7.92. The minimum atomic E-state index is -3.61. The van der Waals surface area contributed by atoms with Gasteiger partial charge in [-0.15, -0.1) is 0 Å². The molecular formula is C16H18N2O3S. The first-order valence-corrected chi connectivity index (χ1v) is 8.36. The molecule has 0 saturated heterocycles. The van der Waals surface area contributed by atoms with Gasteiger partial charge in [-0.2, -0.15) is 0 Å². The van der Waals surface area contributed by atoms with Crippen molar-refractivity contribution in [1.29, 1.82) is 0 Å². The molecule has 0 spiro atoms. The Morgan fingerprint density at radius 3 is 2.18 bits per heavy atom.